The fourth-order valence-corrected chi connectivity index (χ4v) is 4.02. The van der Waals surface area contributed by atoms with Crippen molar-refractivity contribution in [2.45, 2.75) is 13.0 Å². The predicted octanol–water partition coefficient (Wildman–Crippen LogP) is 1.50. The lowest BCUT2D eigenvalue weighted by molar-refractivity contribution is -0.130. The number of rotatable bonds is 5. The summed E-state index contributed by atoms with van der Waals surface area (Å²) in [5.74, 6) is -0.831. The van der Waals surface area contributed by atoms with Crippen molar-refractivity contribution in [1.82, 2.24) is 25.2 Å². The van der Waals surface area contributed by atoms with Crippen LogP contribution in [0.3, 0.4) is 0 Å². The lowest BCUT2D eigenvalue weighted by atomic mass is 10.2. The van der Waals surface area contributed by atoms with Crippen molar-refractivity contribution < 1.29 is 14.4 Å². The van der Waals surface area contributed by atoms with Crippen LogP contribution in [0.4, 0.5) is 5.13 Å². The summed E-state index contributed by atoms with van der Waals surface area (Å²) < 4.78 is 0. The molecule has 2 N–H and O–H groups in total. The molecule has 10 heteroatoms. The summed E-state index contributed by atoms with van der Waals surface area (Å²) in [5.41, 5.74) is 1.58. The second-order valence-corrected chi connectivity index (χ2v) is 7.63. The van der Waals surface area contributed by atoms with E-state index >= 15 is 0 Å². The van der Waals surface area contributed by atoms with E-state index in [-0.39, 0.29) is 30.0 Å². The van der Waals surface area contributed by atoms with Gasteiger partial charge in [0.05, 0.1) is 25.0 Å². The fraction of sp³-hybridized carbons (Fsp3) is 0.200. The van der Waals surface area contributed by atoms with Gasteiger partial charge in [-0.1, -0.05) is 29.5 Å². The third-order valence-corrected chi connectivity index (χ3v) is 5.53. The number of aromatic nitrogens is 3. The van der Waals surface area contributed by atoms with Gasteiger partial charge in [0, 0.05) is 35.8 Å². The number of benzene rings is 1. The van der Waals surface area contributed by atoms with E-state index in [2.05, 4.69) is 25.6 Å². The molecule has 0 saturated heterocycles. The van der Waals surface area contributed by atoms with Crippen LogP contribution in [0.1, 0.15) is 31.4 Å². The molecule has 0 unspecified atom stereocenters. The van der Waals surface area contributed by atoms with Crippen LogP contribution in [0.5, 0.6) is 0 Å². The molecule has 3 aromatic rings. The maximum atomic E-state index is 12.5. The number of anilines is 1. The van der Waals surface area contributed by atoms with E-state index < -0.39 is 0 Å². The zero-order valence-corrected chi connectivity index (χ0v) is 16.7. The first kappa shape index (κ1) is 19.6. The van der Waals surface area contributed by atoms with Gasteiger partial charge in [-0.2, -0.15) is 0 Å². The summed E-state index contributed by atoms with van der Waals surface area (Å²) in [6, 6.07) is 8.76. The molecule has 4 rings (SSSR count). The number of thiazole rings is 1. The molecule has 152 valence electrons. The molecule has 3 amide bonds. The lowest BCUT2D eigenvalue weighted by Gasteiger charge is -2.26. The number of nitrogens with one attached hydrogen (secondary N) is 2. The van der Waals surface area contributed by atoms with E-state index in [1.165, 1.54) is 29.9 Å². The summed E-state index contributed by atoms with van der Waals surface area (Å²) in [7, 11) is 0. The SMILES string of the molecule is O=C(NCC(=O)N1CCc2nc(NC(=O)c3cnccn3)sc2C1)c1ccccc1. The van der Waals surface area contributed by atoms with E-state index in [4.69, 9.17) is 0 Å². The average molecular weight is 422 g/mol. The van der Waals surface area contributed by atoms with Crippen molar-refractivity contribution in [3.05, 3.63) is 70.8 Å². The van der Waals surface area contributed by atoms with Crippen LogP contribution in [-0.4, -0.2) is 50.7 Å². The molecule has 0 atom stereocenters. The third kappa shape index (κ3) is 4.49. The number of carbonyl (C=O) groups is 3. The summed E-state index contributed by atoms with van der Waals surface area (Å²) in [4.78, 5) is 51.7. The van der Waals surface area contributed by atoms with Gasteiger partial charge in [-0.3, -0.25) is 24.7 Å². The standard InChI is InChI=1S/C20H18N6O3S/c27-17(11-23-18(28)13-4-2-1-3-5-13)26-9-6-14-16(12-26)30-20(24-14)25-19(29)15-10-21-7-8-22-15/h1-5,7-8,10H,6,9,11-12H2,(H,23,28)(H,24,25,29). The maximum Gasteiger partial charge on any atom is 0.277 e. The van der Waals surface area contributed by atoms with Gasteiger partial charge in [-0.15, -0.1) is 0 Å². The smallest absolute Gasteiger partial charge is 0.277 e. The Morgan fingerprint density at radius 1 is 1.10 bits per heavy atom. The molecule has 0 spiro atoms. The van der Waals surface area contributed by atoms with Crippen molar-refractivity contribution in [3.63, 3.8) is 0 Å². The Kier molecular flexibility index (Phi) is 5.75. The monoisotopic (exact) mass is 422 g/mol. The molecule has 1 aliphatic heterocycles. The Morgan fingerprint density at radius 3 is 2.70 bits per heavy atom. The van der Waals surface area contributed by atoms with Crippen molar-refractivity contribution in [2.75, 3.05) is 18.4 Å². The third-order valence-electron chi connectivity index (χ3n) is 4.54. The highest BCUT2D eigenvalue weighted by Gasteiger charge is 2.25. The van der Waals surface area contributed by atoms with E-state index in [0.717, 1.165) is 10.6 Å². The number of hydrogen-bond donors (Lipinski definition) is 2. The van der Waals surface area contributed by atoms with Crippen molar-refractivity contribution >= 4 is 34.2 Å². The molecule has 0 saturated carbocycles. The van der Waals surface area contributed by atoms with Gasteiger partial charge in [0.1, 0.15) is 5.69 Å². The summed E-state index contributed by atoms with van der Waals surface area (Å²) in [5, 5.41) is 5.84. The van der Waals surface area contributed by atoms with Gasteiger partial charge >= 0.3 is 0 Å². The van der Waals surface area contributed by atoms with Gasteiger partial charge < -0.3 is 10.2 Å². The Bertz CT molecular complexity index is 1070. The first-order chi connectivity index (χ1) is 14.6. The largest absolute Gasteiger partial charge is 0.343 e. The number of fused-ring (bicyclic) bond motifs is 1. The summed E-state index contributed by atoms with van der Waals surface area (Å²) in [6.07, 6.45) is 4.91. The van der Waals surface area contributed by atoms with Crippen LogP contribution in [0, 0.1) is 0 Å². The number of amides is 3. The molecule has 2 aromatic heterocycles. The Hall–Kier alpha value is -3.66. The van der Waals surface area contributed by atoms with Gasteiger partial charge in [-0.05, 0) is 12.1 Å². The van der Waals surface area contributed by atoms with Crippen LogP contribution < -0.4 is 10.6 Å². The summed E-state index contributed by atoms with van der Waals surface area (Å²) >= 11 is 1.33. The molecule has 0 bridgehead atoms. The zero-order chi connectivity index (χ0) is 20.9. The van der Waals surface area contributed by atoms with Crippen LogP contribution in [0.25, 0.3) is 0 Å². The van der Waals surface area contributed by atoms with E-state index in [0.29, 0.717) is 30.2 Å². The van der Waals surface area contributed by atoms with Crippen LogP contribution >= 0.6 is 11.3 Å². The first-order valence-electron chi connectivity index (χ1n) is 9.27. The normalized spacial score (nSPS) is 12.7. The predicted molar refractivity (Wildman–Crippen MR) is 110 cm³/mol. The zero-order valence-electron chi connectivity index (χ0n) is 15.9. The highest BCUT2D eigenvalue weighted by molar-refractivity contribution is 7.15. The quantitative estimate of drug-likeness (QED) is 0.644. The van der Waals surface area contributed by atoms with Crippen molar-refractivity contribution in [2.24, 2.45) is 0 Å². The van der Waals surface area contributed by atoms with Crippen LogP contribution in [0.2, 0.25) is 0 Å². The van der Waals surface area contributed by atoms with Crippen LogP contribution in [0.15, 0.2) is 48.9 Å². The molecule has 3 heterocycles. The number of nitrogens with zero attached hydrogens (tertiary/aromatic N) is 4. The molecule has 1 aromatic carbocycles. The second kappa shape index (κ2) is 8.78. The highest BCUT2D eigenvalue weighted by atomic mass is 32.1. The highest BCUT2D eigenvalue weighted by Crippen LogP contribution is 2.28. The topological polar surface area (TPSA) is 117 Å². The molecule has 0 fully saturated rings. The molecular formula is C20H18N6O3S. The first-order valence-corrected chi connectivity index (χ1v) is 10.1. The van der Waals surface area contributed by atoms with Crippen LogP contribution in [-0.2, 0) is 17.8 Å². The lowest BCUT2D eigenvalue weighted by Crippen LogP contribution is -2.42. The molecular weight excluding hydrogens is 404 g/mol. The molecule has 9 nitrogen and oxygen atoms in total. The Morgan fingerprint density at radius 2 is 1.93 bits per heavy atom. The molecule has 30 heavy (non-hydrogen) atoms. The molecule has 0 radical (unpaired) electrons. The Balaban J connectivity index is 1.34. The van der Waals surface area contributed by atoms with Gasteiger partial charge in [0.15, 0.2) is 5.13 Å². The van der Waals surface area contributed by atoms with E-state index in [9.17, 15) is 14.4 Å². The van der Waals surface area contributed by atoms with Gasteiger partial charge in [0.25, 0.3) is 11.8 Å². The molecule has 0 aliphatic carbocycles. The van der Waals surface area contributed by atoms with Crippen molar-refractivity contribution in [3.8, 4) is 0 Å². The van der Waals surface area contributed by atoms with Crippen molar-refractivity contribution in [1.29, 1.82) is 0 Å². The maximum absolute atomic E-state index is 12.5. The minimum atomic E-state index is -0.384. The second-order valence-electron chi connectivity index (χ2n) is 6.55. The number of hydrogen-bond acceptors (Lipinski definition) is 7. The fourth-order valence-electron chi connectivity index (χ4n) is 3.00. The van der Waals surface area contributed by atoms with E-state index in [1.54, 1.807) is 29.2 Å². The molecule has 1 aliphatic rings. The minimum absolute atomic E-state index is 0.0713. The number of carbonyl (C=O) groups excluding carboxylic acids is 3. The van der Waals surface area contributed by atoms with Gasteiger partial charge in [0.2, 0.25) is 5.91 Å². The van der Waals surface area contributed by atoms with E-state index in [1.807, 2.05) is 6.07 Å². The Labute approximate surface area is 176 Å². The van der Waals surface area contributed by atoms with Gasteiger partial charge in [-0.25, -0.2) is 9.97 Å². The average Bonchev–Trinajstić information content (AvgIpc) is 3.19. The minimum Gasteiger partial charge on any atom is -0.343 e. The summed E-state index contributed by atoms with van der Waals surface area (Å²) in [6.45, 7) is 0.834.